The molecule has 35 heavy (non-hydrogen) atoms. The highest BCUT2D eigenvalue weighted by Crippen LogP contribution is 2.33. The van der Waals surface area contributed by atoms with E-state index < -0.39 is 38.2 Å². The van der Waals surface area contributed by atoms with Crippen LogP contribution in [-0.2, 0) is 21.2 Å². The van der Waals surface area contributed by atoms with E-state index in [1.165, 1.54) is 4.90 Å². The monoisotopic (exact) mass is 506 g/mol. The van der Waals surface area contributed by atoms with Crippen LogP contribution in [-0.4, -0.2) is 55.9 Å². The van der Waals surface area contributed by atoms with Crippen LogP contribution in [0.15, 0.2) is 59.6 Å². The Hall–Kier alpha value is -3.67. The third-order valence-corrected chi connectivity index (χ3v) is 7.36. The Kier molecular flexibility index (Phi) is 5.95. The van der Waals surface area contributed by atoms with Crippen molar-refractivity contribution in [3.8, 4) is 0 Å². The van der Waals surface area contributed by atoms with Gasteiger partial charge < -0.3 is 9.80 Å². The number of anilines is 2. The number of para-hydroxylation sites is 1. The first-order chi connectivity index (χ1) is 16.3. The summed E-state index contributed by atoms with van der Waals surface area (Å²) >= 11 is 0. The number of pyridine rings is 1. The number of nitrogens with zero attached hydrogens (tertiary/aromatic N) is 4. The number of carbonyl (C=O) groups excluding carboxylic acids is 2. The molecule has 1 unspecified atom stereocenters. The number of fused-ring (bicyclic) bond motifs is 1. The van der Waals surface area contributed by atoms with Crippen molar-refractivity contribution in [2.45, 2.75) is 29.9 Å². The van der Waals surface area contributed by atoms with E-state index in [0.29, 0.717) is 0 Å². The lowest BCUT2D eigenvalue weighted by molar-refractivity contribution is -0.119. The minimum absolute atomic E-state index is 0.0232. The zero-order valence-electron chi connectivity index (χ0n) is 18.9. The van der Waals surface area contributed by atoms with E-state index in [-0.39, 0.29) is 12.2 Å². The highest BCUT2D eigenvalue weighted by atomic mass is 32.2. The third-order valence-electron chi connectivity index (χ3n) is 5.85. The van der Waals surface area contributed by atoms with E-state index in [2.05, 4.69) is 4.98 Å². The van der Waals surface area contributed by atoms with Crippen molar-refractivity contribution in [2.24, 2.45) is 0 Å². The van der Waals surface area contributed by atoms with Gasteiger partial charge in [0.25, 0.3) is 15.7 Å². The van der Waals surface area contributed by atoms with Crippen LogP contribution in [0.1, 0.15) is 12.5 Å². The molecule has 1 aliphatic rings. The molecule has 1 atom stereocenters. The molecule has 1 aliphatic heterocycles. The quantitative estimate of drug-likeness (QED) is 0.487. The molecule has 8 nitrogen and oxygen atoms in total. The van der Waals surface area contributed by atoms with E-state index in [1.807, 2.05) is 37.2 Å². The van der Waals surface area contributed by atoms with Gasteiger partial charge in [-0.3, -0.25) is 9.78 Å². The molecule has 0 radical (unpaired) electrons. The first-order valence-corrected chi connectivity index (χ1v) is 11.9. The summed E-state index contributed by atoms with van der Waals surface area (Å²) in [4.78, 5) is 33.7. The molecule has 1 fully saturated rings. The minimum atomic E-state index is -5.54. The standard InChI is InChI=1S/C23H21F3N4O4S/c1-14-21(31)30(16-7-9-17(10-8-16)35(33,34)23(24,25)26)22(32)29(14)13-15-11-12-27-20-18(15)5-4-6-19(20)28(2)3/h4-12,14H,13H2,1-3H3. The number of sulfone groups is 1. The van der Waals surface area contributed by atoms with Crippen molar-refractivity contribution in [3.63, 3.8) is 0 Å². The molecule has 2 heterocycles. The van der Waals surface area contributed by atoms with Crippen LogP contribution in [0.5, 0.6) is 0 Å². The van der Waals surface area contributed by atoms with Crippen molar-refractivity contribution in [1.82, 2.24) is 9.88 Å². The number of alkyl halides is 3. The fourth-order valence-electron chi connectivity index (χ4n) is 3.96. The molecule has 184 valence electrons. The van der Waals surface area contributed by atoms with Gasteiger partial charge in [0, 0.05) is 32.2 Å². The average Bonchev–Trinajstić information content (AvgIpc) is 3.01. The van der Waals surface area contributed by atoms with Crippen LogP contribution in [0.2, 0.25) is 0 Å². The van der Waals surface area contributed by atoms with Crippen molar-refractivity contribution in [3.05, 3.63) is 60.3 Å². The lowest BCUT2D eigenvalue weighted by Gasteiger charge is -2.21. The number of urea groups is 1. The Balaban J connectivity index is 1.65. The lowest BCUT2D eigenvalue weighted by Crippen LogP contribution is -2.33. The molecule has 2 aromatic carbocycles. The first-order valence-electron chi connectivity index (χ1n) is 10.4. The molecule has 0 spiro atoms. The number of carbonyl (C=O) groups is 2. The molecule has 3 aromatic rings. The highest BCUT2D eigenvalue weighted by Gasteiger charge is 2.47. The second kappa shape index (κ2) is 8.52. The van der Waals surface area contributed by atoms with Crippen LogP contribution in [0.4, 0.5) is 29.3 Å². The summed E-state index contributed by atoms with van der Waals surface area (Å²) in [5.74, 6) is -0.575. The number of benzene rings is 2. The number of hydrogen-bond acceptors (Lipinski definition) is 6. The SMILES string of the molecule is CC1C(=O)N(c2ccc(S(=O)(=O)C(F)(F)F)cc2)C(=O)N1Cc1ccnc2c(N(C)C)cccc12. The van der Waals surface area contributed by atoms with Gasteiger partial charge in [-0.2, -0.15) is 13.2 Å². The molecule has 0 saturated carbocycles. The number of aromatic nitrogens is 1. The van der Waals surface area contributed by atoms with Crippen LogP contribution in [0.3, 0.4) is 0 Å². The molecule has 0 aliphatic carbocycles. The summed E-state index contributed by atoms with van der Waals surface area (Å²) in [5.41, 5.74) is -3.10. The van der Waals surface area contributed by atoms with E-state index in [9.17, 15) is 31.2 Å². The van der Waals surface area contributed by atoms with Crippen molar-refractivity contribution in [2.75, 3.05) is 23.9 Å². The normalized spacial score (nSPS) is 16.9. The second-order valence-corrected chi connectivity index (χ2v) is 10.2. The molecular weight excluding hydrogens is 485 g/mol. The molecule has 4 rings (SSSR count). The van der Waals surface area contributed by atoms with Gasteiger partial charge in [-0.05, 0) is 48.9 Å². The second-order valence-electron chi connectivity index (χ2n) is 8.24. The van der Waals surface area contributed by atoms with Gasteiger partial charge in [0.05, 0.1) is 21.8 Å². The fraction of sp³-hybridized carbons (Fsp3) is 0.261. The minimum Gasteiger partial charge on any atom is -0.376 e. The number of hydrogen-bond donors (Lipinski definition) is 0. The Morgan fingerprint density at radius 2 is 1.69 bits per heavy atom. The van der Waals surface area contributed by atoms with Gasteiger partial charge in [-0.1, -0.05) is 12.1 Å². The molecule has 12 heteroatoms. The maximum Gasteiger partial charge on any atom is 0.501 e. The molecule has 1 saturated heterocycles. The molecule has 1 aromatic heterocycles. The largest absolute Gasteiger partial charge is 0.501 e. The number of imide groups is 1. The zero-order chi connectivity index (χ0) is 25.7. The van der Waals surface area contributed by atoms with Gasteiger partial charge in [-0.25, -0.2) is 18.1 Å². The fourth-order valence-corrected chi connectivity index (χ4v) is 4.72. The van der Waals surface area contributed by atoms with Gasteiger partial charge in [0.1, 0.15) is 6.04 Å². The lowest BCUT2D eigenvalue weighted by atomic mass is 10.1. The van der Waals surface area contributed by atoms with Gasteiger partial charge in [0.15, 0.2) is 0 Å². The maximum atomic E-state index is 13.2. The smallest absolute Gasteiger partial charge is 0.376 e. The predicted octanol–water partition coefficient (Wildman–Crippen LogP) is 3.95. The Labute approximate surface area is 199 Å². The molecule has 0 N–H and O–H groups in total. The number of rotatable bonds is 5. The van der Waals surface area contributed by atoms with E-state index >= 15 is 0 Å². The Bertz CT molecular complexity index is 1420. The van der Waals surface area contributed by atoms with Crippen LogP contribution < -0.4 is 9.80 Å². The maximum absolute atomic E-state index is 13.2. The van der Waals surface area contributed by atoms with E-state index in [4.69, 9.17) is 0 Å². The Morgan fingerprint density at radius 3 is 2.29 bits per heavy atom. The van der Waals surface area contributed by atoms with Crippen LogP contribution in [0.25, 0.3) is 10.9 Å². The van der Waals surface area contributed by atoms with Gasteiger partial charge in [0.2, 0.25) is 0 Å². The van der Waals surface area contributed by atoms with Gasteiger partial charge in [-0.15, -0.1) is 0 Å². The number of amides is 3. The predicted molar refractivity (Wildman–Crippen MR) is 124 cm³/mol. The summed E-state index contributed by atoms with van der Waals surface area (Å²) in [5, 5.41) is 0.811. The van der Waals surface area contributed by atoms with Crippen LogP contribution in [0, 0.1) is 0 Å². The highest BCUT2D eigenvalue weighted by molar-refractivity contribution is 7.92. The summed E-state index contributed by atoms with van der Waals surface area (Å²) in [6.45, 7) is 1.65. The summed E-state index contributed by atoms with van der Waals surface area (Å²) < 4.78 is 61.7. The van der Waals surface area contributed by atoms with E-state index in [0.717, 1.165) is 51.3 Å². The molecule has 3 amide bonds. The summed E-state index contributed by atoms with van der Waals surface area (Å²) in [6.07, 6.45) is 1.62. The van der Waals surface area contributed by atoms with Crippen molar-refractivity contribution >= 4 is 44.1 Å². The van der Waals surface area contributed by atoms with Crippen molar-refractivity contribution < 1.29 is 31.2 Å². The zero-order valence-corrected chi connectivity index (χ0v) is 19.8. The first kappa shape index (κ1) is 24.5. The number of halogens is 3. The topological polar surface area (TPSA) is 90.9 Å². The third kappa shape index (κ3) is 4.07. The Morgan fingerprint density at radius 1 is 1.03 bits per heavy atom. The molecule has 0 bridgehead atoms. The summed E-state index contributed by atoms with van der Waals surface area (Å²) in [7, 11) is -1.77. The molecular formula is C23H21F3N4O4S. The summed E-state index contributed by atoms with van der Waals surface area (Å²) in [6, 6.07) is 9.37. The average molecular weight is 507 g/mol. The van der Waals surface area contributed by atoms with Gasteiger partial charge >= 0.3 is 11.5 Å². The van der Waals surface area contributed by atoms with Crippen molar-refractivity contribution in [1.29, 1.82) is 0 Å². The van der Waals surface area contributed by atoms with E-state index in [1.54, 1.807) is 19.2 Å². The van der Waals surface area contributed by atoms with Crippen LogP contribution >= 0.6 is 0 Å².